The first-order valence-corrected chi connectivity index (χ1v) is 7.35. The summed E-state index contributed by atoms with van der Waals surface area (Å²) in [6.07, 6.45) is -3.35. The number of halogens is 3. The Hall–Kier alpha value is -1.76. The minimum atomic E-state index is -4.81. The van der Waals surface area contributed by atoms with E-state index in [-0.39, 0.29) is 23.3 Å². The van der Waals surface area contributed by atoms with Gasteiger partial charge in [0.25, 0.3) is 5.91 Å². The van der Waals surface area contributed by atoms with Gasteiger partial charge in [0.05, 0.1) is 11.6 Å². The molecule has 0 radical (unpaired) electrons. The second-order valence-electron chi connectivity index (χ2n) is 5.57. The van der Waals surface area contributed by atoms with Gasteiger partial charge < -0.3 is 15.0 Å². The van der Waals surface area contributed by atoms with Crippen molar-refractivity contribution in [3.63, 3.8) is 0 Å². The van der Waals surface area contributed by atoms with E-state index >= 15 is 0 Å². The predicted octanol–water partition coefficient (Wildman–Crippen LogP) is 2.64. The zero-order chi connectivity index (χ0) is 15.9. The topological polar surface area (TPSA) is 41.6 Å². The second-order valence-corrected chi connectivity index (χ2v) is 5.57. The summed E-state index contributed by atoms with van der Waals surface area (Å²) in [5.41, 5.74) is 1.47. The molecular weight excluding hydrogens is 297 g/mol. The van der Waals surface area contributed by atoms with Crippen LogP contribution in [-0.4, -0.2) is 36.8 Å². The molecule has 2 aliphatic heterocycles. The number of rotatable bonds is 3. The summed E-state index contributed by atoms with van der Waals surface area (Å²) in [5, 5.41) is 3.18. The van der Waals surface area contributed by atoms with Crippen LogP contribution in [0.15, 0.2) is 12.1 Å². The Morgan fingerprint density at radius 2 is 2.18 bits per heavy atom. The van der Waals surface area contributed by atoms with Gasteiger partial charge in [0.1, 0.15) is 5.75 Å². The Morgan fingerprint density at radius 3 is 2.86 bits per heavy atom. The van der Waals surface area contributed by atoms with E-state index in [1.165, 1.54) is 6.07 Å². The molecule has 1 aromatic rings. The van der Waals surface area contributed by atoms with Gasteiger partial charge in [-0.05, 0) is 23.6 Å². The Morgan fingerprint density at radius 1 is 1.41 bits per heavy atom. The van der Waals surface area contributed by atoms with E-state index in [9.17, 15) is 18.0 Å². The average molecular weight is 314 g/mol. The van der Waals surface area contributed by atoms with E-state index in [0.29, 0.717) is 31.6 Å². The van der Waals surface area contributed by atoms with Gasteiger partial charge in [0.2, 0.25) is 0 Å². The number of carbonyl (C=O) groups excluding carboxylic acids is 1. The lowest BCUT2D eigenvalue weighted by atomic mass is 9.98. The summed E-state index contributed by atoms with van der Waals surface area (Å²) < 4.78 is 42.1. The SMILES string of the molecule is CCCc1cc(OC(F)(F)F)c2c(c1)[C@H]1CNCCN1C2=O. The summed E-state index contributed by atoms with van der Waals surface area (Å²) >= 11 is 0. The molecule has 7 heteroatoms. The van der Waals surface area contributed by atoms with Crippen molar-refractivity contribution >= 4 is 5.91 Å². The molecule has 120 valence electrons. The molecule has 1 aromatic carbocycles. The van der Waals surface area contributed by atoms with Gasteiger partial charge >= 0.3 is 6.36 Å². The van der Waals surface area contributed by atoms with Crippen molar-refractivity contribution in [2.75, 3.05) is 19.6 Å². The molecule has 4 nitrogen and oxygen atoms in total. The maximum absolute atomic E-state index is 12.7. The van der Waals surface area contributed by atoms with E-state index in [1.54, 1.807) is 4.90 Å². The van der Waals surface area contributed by atoms with Crippen molar-refractivity contribution < 1.29 is 22.7 Å². The molecule has 2 aliphatic rings. The van der Waals surface area contributed by atoms with Crippen LogP contribution in [0.2, 0.25) is 0 Å². The van der Waals surface area contributed by atoms with Gasteiger partial charge in [0.15, 0.2) is 0 Å². The van der Waals surface area contributed by atoms with Gasteiger partial charge in [-0.3, -0.25) is 4.79 Å². The third kappa shape index (κ3) is 2.65. The van der Waals surface area contributed by atoms with E-state index in [2.05, 4.69) is 10.1 Å². The van der Waals surface area contributed by atoms with E-state index in [1.807, 2.05) is 13.0 Å². The number of aryl methyl sites for hydroxylation is 1. The number of fused-ring (bicyclic) bond motifs is 3. The van der Waals surface area contributed by atoms with Crippen LogP contribution in [0.5, 0.6) is 5.75 Å². The molecule has 1 atom stereocenters. The molecule has 1 N–H and O–H groups in total. The van der Waals surface area contributed by atoms with Crippen molar-refractivity contribution in [2.24, 2.45) is 0 Å². The number of hydrogen-bond donors (Lipinski definition) is 1. The minimum absolute atomic E-state index is 0.0610. The minimum Gasteiger partial charge on any atom is -0.405 e. The first-order valence-electron chi connectivity index (χ1n) is 7.35. The molecule has 1 fully saturated rings. The Kier molecular flexibility index (Phi) is 3.76. The molecule has 0 saturated carbocycles. The summed E-state index contributed by atoms with van der Waals surface area (Å²) in [6.45, 7) is 3.65. The third-order valence-electron chi connectivity index (χ3n) is 4.03. The van der Waals surface area contributed by atoms with Crippen LogP contribution in [0.4, 0.5) is 13.2 Å². The number of alkyl halides is 3. The molecule has 0 aromatic heterocycles. The highest BCUT2D eigenvalue weighted by molar-refractivity contribution is 6.02. The lowest BCUT2D eigenvalue weighted by Crippen LogP contribution is -2.44. The van der Waals surface area contributed by atoms with Crippen molar-refractivity contribution in [1.82, 2.24) is 10.2 Å². The number of carbonyl (C=O) groups is 1. The largest absolute Gasteiger partial charge is 0.573 e. The van der Waals surface area contributed by atoms with E-state index in [0.717, 1.165) is 12.0 Å². The van der Waals surface area contributed by atoms with E-state index in [4.69, 9.17) is 0 Å². The number of piperazine rings is 1. The van der Waals surface area contributed by atoms with E-state index < -0.39 is 6.36 Å². The summed E-state index contributed by atoms with van der Waals surface area (Å²) in [7, 11) is 0. The Labute approximate surface area is 126 Å². The first-order chi connectivity index (χ1) is 10.4. The van der Waals surface area contributed by atoms with Gasteiger partial charge in [-0.25, -0.2) is 0 Å². The van der Waals surface area contributed by atoms with Crippen molar-refractivity contribution in [1.29, 1.82) is 0 Å². The van der Waals surface area contributed by atoms with Gasteiger partial charge in [-0.2, -0.15) is 0 Å². The number of nitrogens with one attached hydrogen (secondary N) is 1. The molecule has 22 heavy (non-hydrogen) atoms. The van der Waals surface area contributed by atoms with Crippen LogP contribution < -0.4 is 10.1 Å². The number of amides is 1. The van der Waals surface area contributed by atoms with Crippen LogP contribution >= 0.6 is 0 Å². The zero-order valence-corrected chi connectivity index (χ0v) is 12.2. The first kappa shape index (κ1) is 15.1. The van der Waals surface area contributed by atoms with Crippen LogP contribution in [0.3, 0.4) is 0 Å². The molecule has 1 saturated heterocycles. The summed E-state index contributed by atoms with van der Waals surface area (Å²) in [4.78, 5) is 14.1. The molecule has 1 amide bonds. The fourth-order valence-electron chi connectivity index (χ4n) is 3.20. The molecule has 0 unspecified atom stereocenters. The molecule has 0 spiro atoms. The summed E-state index contributed by atoms with van der Waals surface area (Å²) in [5.74, 6) is -0.739. The molecule has 0 bridgehead atoms. The monoisotopic (exact) mass is 314 g/mol. The smallest absolute Gasteiger partial charge is 0.405 e. The molecule has 3 rings (SSSR count). The van der Waals surface area contributed by atoms with Gasteiger partial charge in [-0.1, -0.05) is 19.4 Å². The highest BCUT2D eigenvalue weighted by Gasteiger charge is 2.42. The van der Waals surface area contributed by atoms with Crippen LogP contribution in [0.1, 0.15) is 40.9 Å². The Balaban J connectivity index is 2.09. The lowest BCUT2D eigenvalue weighted by molar-refractivity contribution is -0.274. The highest BCUT2D eigenvalue weighted by Crippen LogP contribution is 2.41. The fraction of sp³-hybridized carbons (Fsp3) is 0.533. The second kappa shape index (κ2) is 5.46. The van der Waals surface area contributed by atoms with Crippen LogP contribution in [0, 0.1) is 0 Å². The van der Waals surface area contributed by atoms with Crippen molar-refractivity contribution in [2.45, 2.75) is 32.2 Å². The number of nitrogens with zero attached hydrogens (tertiary/aromatic N) is 1. The van der Waals surface area contributed by atoms with Crippen LogP contribution in [0.25, 0.3) is 0 Å². The molecule has 2 heterocycles. The standard InChI is InChI=1S/C15H17F3N2O2/c1-2-3-9-6-10-11-8-19-4-5-20(11)14(21)13(10)12(7-9)22-15(16,17)18/h6-7,11,19H,2-5,8H2,1H3/t11-/m1/s1. The zero-order valence-electron chi connectivity index (χ0n) is 12.2. The van der Waals surface area contributed by atoms with Crippen LogP contribution in [-0.2, 0) is 6.42 Å². The average Bonchev–Trinajstić information content (AvgIpc) is 2.72. The number of hydrogen-bond acceptors (Lipinski definition) is 3. The summed E-state index contributed by atoms with van der Waals surface area (Å²) in [6, 6.07) is 2.99. The quantitative estimate of drug-likeness (QED) is 0.932. The number of ether oxygens (including phenoxy) is 1. The third-order valence-corrected chi connectivity index (χ3v) is 4.03. The molecule has 0 aliphatic carbocycles. The van der Waals surface area contributed by atoms with Gasteiger partial charge in [0, 0.05) is 19.6 Å². The Bertz CT molecular complexity index is 601. The van der Waals surface area contributed by atoms with Crippen molar-refractivity contribution in [3.8, 4) is 5.75 Å². The predicted molar refractivity (Wildman–Crippen MR) is 73.8 cm³/mol. The fourth-order valence-corrected chi connectivity index (χ4v) is 3.20. The van der Waals surface area contributed by atoms with Crippen molar-refractivity contribution in [3.05, 3.63) is 28.8 Å². The number of benzene rings is 1. The highest BCUT2D eigenvalue weighted by atomic mass is 19.4. The normalized spacial score (nSPS) is 20.8. The van der Waals surface area contributed by atoms with Gasteiger partial charge in [-0.15, -0.1) is 13.2 Å². The maximum atomic E-state index is 12.7. The molecular formula is C15H17F3N2O2. The maximum Gasteiger partial charge on any atom is 0.573 e. The lowest BCUT2D eigenvalue weighted by Gasteiger charge is -2.30.